The van der Waals surface area contributed by atoms with E-state index in [4.69, 9.17) is 39.1 Å². The van der Waals surface area contributed by atoms with E-state index >= 15 is 0 Å². The summed E-state index contributed by atoms with van der Waals surface area (Å²) in [4.78, 5) is 0. The van der Waals surface area contributed by atoms with E-state index in [0.717, 1.165) is 5.56 Å². The Labute approximate surface area is 121 Å². The minimum Gasteiger partial charge on any atom is -0.489 e. The number of rotatable bonds is 4. The molecule has 19 heavy (non-hydrogen) atoms. The van der Waals surface area contributed by atoms with Crippen molar-refractivity contribution in [1.82, 2.24) is 0 Å². The number of benzene rings is 2. The number of nitrogen functional groups attached to an aromatic ring is 1. The van der Waals surface area contributed by atoms with E-state index in [1.807, 2.05) is 18.2 Å². The molecule has 3 nitrogen and oxygen atoms in total. The van der Waals surface area contributed by atoms with E-state index in [1.165, 1.54) is 0 Å². The Balaban J connectivity index is 2.16. The fraction of sp³-hybridized carbons (Fsp3) is 0.0714. The van der Waals surface area contributed by atoms with Crippen LogP contribution in [0.3, 0.4) is 0 Å². The highest BCUT2D eigenvalue weighted by molar-refractivity contribution is 6.34. The molecule has 0 saturated heterocycles. The second kappa shape index (κ2) is 5.95. The maximum atomic E-state index is 7.51. The topological polar surface area (TPSA) is 59.1 Å². The van der Waals surface area contributed by atoms with Crippen LogP contribution >= 0.6 is 23.2 Å². The Kier molecular flexibility index (Phi) is 4.30. The number of halogens is 2. The van der Waals surface area contributed by atoms with E-state index in [2.05, 4.69) is 0 Å². The zero-order valence-electron chi connectivity index (χ0n) is 9.99. The first-order valence-electron chi connectivity index (χ1n) is 5.57. The summed E-state index contributed by atoms with van der Waals surface area (Å²) in [6, 6.07) is 12.4. The van der Waals surface area contributed by atoms with Gasteiger partial charge in [0.2, 0.25) is 0 Å². The second-order valence-corrected chi connectivity index (χ2v) is 4.84. The Morgan fingerprint density at radius 2 is 1.74 bits per heavy atom. The molecule has 0 bridgehead atoms. The van der Waals surface area contributed by atoms with Crippen molar-refractivity contribution in [3.05, 3.63) is 63.6 Å². The Hall–Kier alpha value is -1.71. The maximum Gasteiger partial charge on any atom is 0.123 e. The van der Waals surface area contributed by atoms with Gasteiger partial charge in [-0.1, -0.05) is 47.5 Å². The molecule has 5 heteroatoms. The molecule has 0 saturated carbocycles. The second-order valence-electron chi connectivity index (χ2n) is 3.96. The average Bonchev–Trinajstić information content (AvgIpc) is 2.35. The van der Waals surface area contributed by atoms with Crippen molar-refractivity contribution in [2.45, 2.75) is 6.61 Å². The van der Waals surface area contributed by atoms with Gasteiger partial charge in [-0.3, -0.25) is 5.41 Å². The molecule has 0 aliphatic heterocycles. The summed E-state index contributed by atoms with van der Waals surface area (Å²) in [7, 11) is 0. The van der Waals surface area contributed by atoms with Crippen LogP contribution < -0.4 is 10.5 Å². The summed E-state index contributed by atoms with van der Waals surface area (Å²) in [5.41, 5.74) is 7.02. The quantitative estimate of drug-likeness (QED) is 0.664. The van der Waals surface area contributed by atoms with E-state index in [-0.39, 0.29) is 5.84 Å². The molecule has 0 aliphatic rings. The minimum absolute atomic E-state index is 0.0170. The molecule has 0 fully saturated rings. The van der Waals surface area contributed by atoms with Crippen LogP contribution in [0, 0.1) is 5.41 Å². The molecular formula is C14H12Cl2N2O. The van der Waals surface area contributed by atoms with Gasteiger partial charge in [0, 0.05) is 21.2 Å². The van der Waals surface area contributed by atoms with Crippen LogP contribution in [0.4, 0.5) is 0 Å². The Morgan fingerprint density at radius 3 is 2.37 bits per heavy atom. The largest absolute Gasteiger partial charge is 0.489 e. The van der Waals surface area contributed by atoms with E-state index in [0.29, 0.717) is 28.0 Å². The summed E-state index contributed by atoms with van der Waals surface area (Å²) in [6.07, 6.45) is 0. The molecule has 0 aromatic heterocycles. The standard InChI is InChI=1S/C14H12Cl2N2O/c15-10-5-11(16)7-12(6-10)19-8-9-3-1-2-4-13(9)14(17)18/h1-7H,8H2,(H3,17,18). The molecule has 0 radical (unpaired) electrons. The molecule has 0 heterocycles. The monoisotopic (exact) mass is 294 g/mol. The summed E-state index contributed by atoms with van der Waals surface area (Å²) in [5, 5.41) is 8.54. The molecule has 2 aromatic carbocycles. The average molecular weight is 295 g/mol. The van der Waals surface area contributed by atoms with Gasteiger partial charge in [-0.05, 0) is 18.2 Å². The van der Waals surface area contributed by atoms with E-state index < -0.39 is 0 Å². The first kappa shape index (κ1) is 13.7. The van der Waals surface area contributed by atoms with Crippen molar-refractivity contribution in [3.8, 4) is 5.75 Å². The first-order chi connectivity index (χ1) is 9.06. The van der Waals surface area contributed by atoms with Gasteiger partial charge >= 0.3 is 0 Å². The van der Waals surface area contributed by atoms with Crippen LogP contribution in [0.2, 0.25) is 10.0 Å². The van der Waals surface area contributed by atoms with Crippen molar-refractivity contribution in [1.29, 1.82) is 5.41 Å². The summed E-state index contributed by atoms with van der Waals surface area (Å²) in [5.74, 6) is 0.596. The third kappa shape index (κ3) is 3.63. The fourth-order valence-corrected chi connectivity index (χ4v) is 2.19. The van der Waals surface area contributed by atoms with E-state index in [1.54, 1.807) is 24.3 Å². The maximum absolute atomic E-state index is 7.51. The highest BCUT2D eigenvalue weighted by atomic mass is 35.5. The highest BCUT2D eigenvalue weighted by Gasteiger charge is 2.06. The number of nitrogens with one attached hydrogen (secondary N) is 1. The number of ether oxygens (including phenoxy) is 1. The van der Waals surface area contributed by atoms with Crippen molar-refractivity contribution in [3.63, 3.8) is 0 Å². The van der Waals surface area contributed by atoms with Crippen molar-refractivity contribution in [2.75, 3.05) is 0 Å². The van der Waals surface area contributed by atoms with Crippen molar-refractivity contribution in [2.24, 2.45) is 5.73 Å². The molecule has 0 atom stereocenters. The van der Waals surface area contributed by atoms with Gasteiger partial charge in [0.1, 0.15) is 18.2 Å². The normalized spacial score (nSPS) is 10.2. The van der Waals surface area contributed by atoms with Crippen molar-refractivity contribution >= 4 is 29.0 Å². The summed E-state index contributed by atoms with van der Waals surface area (Å²) in [6.45, 7) is 0.298. The number of hydrogen-bond acceptors (Lipinski definition) is 2. The molecule has 2 rings (SSSR count). The zero-order chi connectivity index (χ0) is 13.8. The van der Waals surface area contributed by atoms with Crippen LogP contribution in [0.15, 0.2) is 42.5 Å². The van der Waals surface area contributed by atoms with Crippen LogP contribution in [-0.2, 0) is 6.61 Å². The Bertz CT molecular complexity index is 594. The number of nitrogens with two attached hydrogens (primary N) is 1. The van der Waals surface area contributed by atoms with Crippen LogP contribution in [0.1, 0.15) is 11.1 Å². The predicted octanol–water partition coefficient (Wildman–Crippen LogP) is 3.86. The summed E-state index contributed by atoms with van der Waals surface area (Å²) >= 11 is 11.8. The molecule has 3 N–H and O–H groups in total. The third-order valence-corrected chi connectivity index (χ3v) is 2.97. The van der Waals surface area contributed by atoms with Gasteiger partial charge in [0.15, 0.2) is 0 Å². The molecule has 0 spiro atoms. The molecular weight excluding hydrogens is 283 g/mol. The number of hydrogen-bond donors (Lipinski definition) is 2. The van der Waals surface area contributed by atoms with Crippen LogP contribution in [0.5, 0.6) is 5.75 Å². The van der Waals surface area contributed by atoms with Crippen LogP contribution in [0.25, 0.3) is 0 Å². The SMILES string of the molecule is N=C(N)c1ccccc1COc1cc(Cl)cc(Cl)c1. The molecule has 98 valence electrons. The third-order valence-electron chi connectivity index (χ3n) is 2.54. The van der Waals surface area contributed by atoms with E-state index in [9.17, 15) is 0 Å². The van der Waals surface area contributed by atoms with Gasteiger partial charge in [-0.15, -0.1) is 0 Å². The van der Waals surface area contributed by atoms with Gasteiger partial charge in [0.25, 0.3) is 0 Å². The highest BCUT2D eigenvalue weighted by Crippen LogP contribution is 2.25. The summed E-state index contributed by atoms with van der Waals surface area (Å²) < 4.78 is 5.62. The predicted molar refractivity (Wildman–Crippen MR) is 78.3 cm³/mol. The fourth-order valence-electron chi connectivity index (χ4n) is 1.68. The molecule has 0 amide bonds. The minimum atomic E-state index is 0.0170. The lowest BCUT2D eigenvalue weighted by atomic mass is 10.1. The lowest BCUT2D eigenvalue weighted by Gasteiger charge is -2.10. The van der Waals surface area contributed by atoms with Gasteiger partial charge in [0.05, 0.1) is 0 Å². The lowest BCUT2D eigenvalue weighted by molar-refractivity contribution is 0.306. The lowest BCUT2D eigenvalue weighted by Crippen LogP contribution is -2.14. The zero-order valence-corrected chi connectivity index (χ0v) is 11.5. The van der Waals surface area contributed by atoms with Gasteiger partial charge < -0.3 is 10.5 Å². The number of amidine groups is 1. The van der Waals surface area contributed by atoms with Gasteiger partial charge in [-0.2, -0.15) is 0 Å². The Morgan fingerprint density at radius 1 is 1.11 bits per heavy atom. The molecule has 2 aromatic rings. The molecule has 0 unspecified atom stereocenters. The van der Waals surface area contributed by atoms with Crippen LogP contribution in [-0.4, -0.2) is 5.84 Å². The first-order valence-corrected chi connectivity index (χ1v) is 6.33. The van der Waals surface area contributed by atoms with Gasteiger partial charge in [-0.25, -0.2) is 0 Å². The smallest absolute Gasteiger partial charge is 0.123 e. The molecule has 0 aliphatic carbocycles. The van der Waals surface area contributed by atoms with Crippen molar-refractivity contribution < 1.29 is 4.74 Å².